The predicted octanol–water partition coefficient (Wildman–Crippen LogP) is 5.32. The summed E-state index contributed by atoms with van der Waals surface area (Å²) >= 11 is 10.4. The Kier molecular flexibility index (Phi) is 6.34. The molecule has 8 heteroatoms. The van der Waals surface area contributed by atoms with Crippen molar-refractivity contribution in [1.82, 2.24) is 0 Å². The van der Waals surface area contributed by atoms with E-state index in [4.69, 9.17) is 21.1 Å². The lowest BCUT2D eigenvalue weighted by Gasteiger charge is -2.15. The van der Waals surface area contributed by atoms with Crippen molar-refractivity contribution in [3.8, 4) is 11.5 Å². The molecule has 0 aromatic heterocycles. The molecule has 0 N–H and O–H groups in total. The zero-order chi connectivity index (χ0) is 19.6. The zero-order valence-electron chi connectivity index (χ0n) is 14.7. The van der Waals surface area contributed by atoms with E-state index >= 15 is 0 Å². The average molecular weight is 471 g/mol. The van der Waals surface area contributed by atoms with E-state index in [1.807, 2.05) is 19.1 Å². The van der Waals surface area contributed by atoms with Gasteiger partial charge in [0.1, 0.15) is 0 Å². The molecular weight excluding hydrogens is 454 g/mol. The first kappa shape index (κ1) is 20.0. The van der Waals surface area contributed by atoms with E-state index in [9.17, 15) is 9.59 Å². The maximum atomic E-state index is 12.8. The van der Waals surface area contributed by atoms with Crippen LogP contribution in [0.3, 0.4) is 0 Å². The lowest BCUT2D eigenvalue weighted by atomic mass is 10.1. The molecule has 0 spiro atoms. The molecule has 0 unspecified atom stereocenters. The van der Waals surface area contributed by atoms with Crippen molar-refractivity contribution in [3.05, 3.63) is 51.5 Å². The number of imide groups is 1. The third-order valence-corrected chi connectivity index (χ3v) is 5.88. The minimum Gasteiger partial charge on any atom is -0.492 e. The number of hydrogen-bond acceptors (Lipinski definition) is 5. The Bertz CT molecular complexity index is 875. The summed E-state index contributed by atoms with van der Waals surface area (Å²) in [5.41, 5.74) is 1.40. The molecule has 1 heterocycles. The highest BCUT2D eigenvalue weighted by Gasteiger charge is 2.40. The molecule has 2 amide bonds. The topological polar surface area (TPSA) is 55.8 Å². The molecule has 0 aliphatic carbocycles. The number of methoxy groups -OCH3 is 1. The van der Waals surface area contributed by atoms with Crippen molar-refractivity contribution in [1.29, 1.82) is 0 Å². The lowest BCUT2D eigenvalue weighted by molar-refractivity contribution is -0.117. The molecule has 142 valence electrons. The van der Waals surface area contributed by atoms with Gasteiger partial charge in [-0.05, 0) is 71.2 Å². The number of halogens is 2. The van der Waals surface area contributed by atoms with Crippen molar-refractivity contribution >= 4 is 56.1 Å². The van der Waals surface area contributed by atoms with Crippen LogP contribution in [0.1, 0.15) is 12.5 Å². The summed E-state index contributed by atoms with van der Waals surface area (Å²) in [4.78, 5) is 26.4. The highest BCUT2D eigenvalue weighted by molar-refractivity contribution is 9.10. The van der Waals surface area contributed by atoms with Gasteiger partial charge in [-0.3, -0.25) is 9.59 Å². The molecule has 0 bridgehead atoms. The van der Waals surface area contributed by atoms with E-state index in [0.29, 0.717) is 35.2 Å². The van der Waals surface area contributed by atoms with Crippen molar-refractivity contribution in [2.45, 2.75) is 18.6 Å². The van der Waals surface area contributed by atoms with Crippen LogP contribution >= 0.6 is 39.3 Å². The van der Waals surface area contributed by atoms with Crippen molar-refractivity contribution in [2.24, 2.45) is 0 Å². The molecule has 1 aliphatic heterocycles. The van der Waals surface area contributed by atoms with Gasteiger partial charge in [0, 0.05) is 5.02 Å². The second-order valence-electron chi connectivity index (χ2n) is 5.77. The van der Waals surface area contributed by atoms with E-state index in [2.05, 4.69) is 15.9 Å². The predicted molar refractivity (Wildman–Crippen MR) is 111 cm³/mol. The van der Waals surface area contributed by atoms with Crippen molar-refractivity contribution in [3.63, 3.8) is 0 Å². The molecular formula is C19H17BrClNO4S. The Labute approximate surface area is 175 Å². The molecule has 5 nitrogen and oxygen atoms in total. The van der Waals surface area contributed by atoms with E-state index < -0.39 is 5.25 Å². The minimum absolute atomic E-state index is 0.239. The summed E-state index contributed by atoms with van der Waals surface area (Å²) in [6.07, 6.45) is 0.405. The van der Waals surface area contributed by atoms with Gasteiger partial charge < -0.3 is 9.47 Å². The van der Waals surface area contributed by atoms with Gasteiger partial charge in [-0.2, -0.15) is 0 Å². The molecule has 1 atom stereocenters. The summed E-state index contributed by atoms with van der Waals surface area (Å²) in [6.45, 7) is 2.38. The number of carbonyl (C=O) groups excluding carboxylic acids is 2. The number of thioether (sulfide) groups is 1. The lowest BCUT2D eigenvalue weighted by Crippen LogP contribution is -2.32. The van der Waals surface area contributed by atoms with Gasteiger partial charge in [-0.15, -0.1) is 0 Å². The van der Waals surface area contributed by atoms with Gasteiger partial charge in [0.15, 0.2) is 11.5 Å². The van der Waals surface area contributed by atoms with Crippen LogP contribution in [0, 0.1) is 0 Å². The van der Waals surface area contributed by atoms with Crippen LogP contribution in [0.2, 0.25) is 5.02 Å². The summed E-state index contributed by atoms with van der Waals surface area (Å²) in [6, 6.07) is 10.4. The van der Waals surface area contributed by atoms with Crippen LogP contribution in [0.4, 0.5) is 10.5 Å². The second-order valence-corrected chi connectivity index (χ2v) is 8.21. The Morgan fingerprint density at radius 2 is 1.93 bits per heavy atom. The second kappa shape index (κ2) is 8.54. The van der Waals surface area contributed by atoms with E-state index in [-0.39, 0.29) is 11.1 Å². The molecule has 27 heavy (non-hydrogen) atoms. The third kappa shape index (κ3) is 4.25. The number of rotatable bonds is 6. The first-order valence-corrected chi connectivity index (χ1v) is 10.3. The third-order valence-electron chi connectivity index (χ3n) is 4.00. The molecule has 2 aromatic rings. The van der Waals surface area contributed by atoms with E-state index in [1.54, 1.807) is 31.4 Å². The standard InChI is InChI=1S/C19H17BrClNO4S/c1-3-26-15-9-11(8-14(20)17(15)25-2)10-16-18(23)22(19(24)27-16)13-6-4-12(21)5-7-13/h4-9,16H,3,10H2,1-2H3/t16-/m0/s1. The van der Waals surface area contributed by atoms with Crippen LogP contribution in [0.15, 0.2) is 40.9 Å². The fourth-order valence-electron chi connectivity index (χ4n) is 2.82. The first-order chi connectivity index (χ1) is 12.9. The average Bonchev–Trinajstić information content (AvgIpc) is 2.90. The fraction of sp³-hybridized carbons (Fsp3) is 0.263. The Morgan fingerprint density at radius 1 is 1.22 bits per heavy atom. The molecule has 0 radical (unpaired) electrons. The van der Waals surface area contributed by atoms with Crippen molar-refractivity contribution < 1.29 is 19.1 Å². The van der Waals surface area contributed by atoms with Crippen LogP contribution < -0.4 is 14.4 Å². The summed E-state index contributed by atoms with van der Waals surface area (Å²) in [5.74, 6) is 0.961. The maximum absolute atomic E-state index is 12.8. The smallest absolute Gasteiger partial charge is 0.293 e. The van der Waals surface area contributed by atoms with Crippen LogP contribution in [-0.4, -0.2) is 30.1 Å². The van der Waals surface area contributed by atoms with Gasteiger partial charge in [0.05, 0.1) is 29.1 Å². The number of hydrogen-bond donors (Lipinski definition) is 0. The number of ether oxygens (including phenoxy) is 2. The van der Waals surface area contributed by atoms with Gasteiger partial charge in [-0.25, -0.2) is 4.90 Å². The normalized spacial score (nSPS) is 16.7. The van der Waals surface area contributed by atoms with Crippen LogP contribution in [0.5, 0.6) is 11.5 Å². The molecule has 2 aromatic carbocycles. The maximum Gasteiger partial charge on any atom is 0.293 e. The van der Waals surface area contributed by atoms with Gasteiger partial charge in [-0.1, -0.05) is 23.4 Å². The molecule has 1 aliphatic rings. The Morgan fingerprint density at radius 3 is 2.56 bits per heavy atom. The summed E-state index contributed by atoms with van der Waals surface area (Å²) < 4.78 is 11.7. The number of benzene rings is 2. The first-order valence-electron chi connectivity index (χ1n) is 8.24. The molecule has 0 saturated carbocycles. The van der Waals surface area contributed by atoms with Crippen LogP contribution in [-0.2, 0) is 11.2 Å². The molecule has 1 fully saturated rings. The number of amides is 2. The molecule has 3 rings (SSSR count). The Balaban J connectivity index is 1.83. The minimum atomic E-state index is -0.497. The number of nitrogens with zero attached hydrogens (tertiary/aromatic N) is 1. The van der Waals surface area contributed by atoms with E-state index in [0.717, 1.165) is 21.8 Å². The number of anilines is 1. The highest BCUT2D eigenvalue weighted by atomic mass is 79.9. The zero-order valence-corrected chi connectivity index (χ0v) is 17.9. The van der Waals surface area contributed by atoms with Gasteiger partial charge in [0.2, 0.25) is 5.91 Å². The summed E-state index contributed by atoms with van der Waals surface area (Å²) in [7, 11) is 1.57. The number of carbonyl (C=O) groups is 2. The quantitative estimate of drug-likeness (QED) is 0.572. The SMILES string of the molecule is CCOc1cc(C[C@@H]2SC(=O)N(c3ccc(Cl)cc3)C2=O)cc(Br)c1OC. The highest BCUT2D eigenvalue weighted by Crippen LogP contribution is 2.39. The van der Waals surface area contributed by atoms with Gasteiger partial charge >= 0.3 is 0 Å². The monoisotopic (exact) mass is 469 g/mol. The fourth-order valence-corrected chi connectivity index (χ4v) is 4.63. The van der Waals surface area contributed by atoms with Crippen molar-refractivity contribution in [2.75, 3.05) is 18.6 Å². The van der Waals surface area contributed by atoms with Gasteiger partial charge in [0.25, 0.3) is 5.24 Å². The molecule has 1 saturated heterocycles. The summed E-state index contributed by atoms with van der Waals surface area (Å²) in [5, 5.41) is -0.235. The van der Waals surface area contributed by atoms with E-state index in [1.165, 1.54) is 4.90 Å². The largest absolute Gasteiger partial charge is 0.492 e. The van der Waals surface area contributed by atoms with Crippen LogP contribution in [0.25, 0.3) is 0 Å². The Hall–Kier alpha value is -1.70.